The van der Waals surface area contributed by atoms with Crippen LogP contribution in [0, 0.1) is 0 Å². The van der Waals surface area contributed by atoms with E-state index < -0.39 is 6.04 Å². The van der Waals surface area contributed by atoms with Crippen LogP contribution in [0.25, 0.3) is 0 Å². The highest BCUT2D eigenvalue weighted by Crippen LogP contribution is 2.39. The second-order valence-corrected chi connectivity index (χ2v) is 8.22. The monoisotopic (exact) mass is 384 g/mol. The summed E-state index contributed by atoms with van der Waals surface area (Å²) >= 11 is 0. The summed E-state index contributed by atoms with van der Waals surface area (Å²) in [6.45, 7) is 5.99. The number of nitrogens with zero attached hydrogens (tertiary/aromatic N) is 3. The van der Waals surface area contributed by atoms with E-state index in [2.05, 4.69) is 5.32 Å². The number of piperidine rings is 1. The second-order valence-electron chi connectivity index (χ2n) is 8.22. The third-order valence-corrected chi connectivity index (χ3v) is 6.40. The zero-order valence-electron chi connectivity index (χ0n) is 16.6. The Bertz CT molecular complexity index is 801. The highest BCUT2D eigenvalue weighted by molar-refractivity contribution is 5.96. The van der Waals surface area contributed by atoms with Gasteiger partial charge in [-0.05, 0) is 38.3 Å². The van der Waals surface area contributed by atoms with Crippen molar-refractivity contribution in [3.63, 3.8) is 0 Å². The molecule has 1 spiro atoms. The molecule has 150 valence electrons. The van der Waals surface area contributed by atoms with Crippen LogP contribution in [0.2, 0.25) is 0 Å². The third-order valence-electron chi connectivity index (χ3n) is 6.40. The van der Waals surface area contributed by atoms with Crippen molar-refractivity contribution in [1.29, 1.82) is 0 Å². The molecule has 1 aromatic rings. The summed E-state index contributed by atoms with van der Waals surface area (Å²) in [5.41, 5.74) is 1.67. The van der Waals surface area contributed by atoms with E-state index >= 15 is 0 Å². The second kappa shape index (κ2) is 7.11. The topological polar surface area (TPSA) is 73.0 Å². The van der Waals surface area contributed by atoms with Crippen molar-refractivity contribution in [2.24, 2.45) is 0 Å². The Morgan fingerprint density at radius 1 is 1.14 bits per heavy atom. The van der Waals surface area contributed by atoms with Crippen molar-refractivity contribution in [2.75, 3.05) is 36.4 Å². The number of amides is 3. The molecule has 0 saturated carbocycles. The molecule has 1 aromatic carbocycles. The van der Waals surface area contributed by atoms with Crippen LogP contribution in [0.5, 0.6) is 0 Å². The summed E-state index contributed by atoms with van der Waals surface area (Å²) in [5.74, 6) is 0.148. The Balaban J connectivity index is 1.45. The molecule has 0 aliphatic carbocycles. The lowest BCUT2D eigenvalue weighted by Crippen LogP contribution is -2.60. The molecule has 28 heavy (non-hydrogen) atoms. The largest absolute Gasteiger partial charge is 0.376 e. The number of carbonyl (C=O) groups excluding carboxylic acids is 3. The van der Waals surface area contributed by atoms with E-state index in [4.69, 9.17) is 0 Å². The Labute approximate surface area is 165 Å². The number of rotatable bonds is 2. The molecule has 3 heterocycles. The van der Waals surface area contributed by atoms with Crippen molar-refractivity contribution in [3.8, 4) is 0 Å². The summed E-state index contributed by atoms with van der Waals surface area (Å²) < 4.78 is 0. The molecule has 1 unspecified atom stereocenters. The Kier molecular flexibility index (Phi) is 4.77. The number of hydrogen-bond acceptors (Lipinski definition) is 4. The zero-order valence-corrected chi connectivity index (χ0v) is 16.6. The number of carbonyl (C=O) groups is 3. The highest BCUT2D eigenvalue weighted by Gasteiger charge is 2.43. The molecule has 3 aliphatic heterocycles. The van der Waals surface area contributed by atoms with Crippen LogP contribution in [-0.2, 0) is 14.4 Å². The van der Waals surface area contributed by atoms with Crippen LogP contribution in [0.1, 0.15) is 39.5 Å². The van der Waals surface area contributed by atoms with Gasteiger partial charge in [0, 0.05) is 39.5 Å². The predicted molar refractivity (Wildman–Crippen MR) is 107 cm³/mol. The Hall–Kier alpha value is -2.57. The van der Waals surface area contributed by atoms with Crippen molar-refractivity contribution in [1.82, 2.24) is 9.80 Å². The molecule has 0 radical (unpaired) electrons. The van der Waals surface area contributed by atoms with Gasteiger partial charge in [-0.3, -0.25) is 14.4 Å². The Morgan fingerprint density at radius 2 is 1.86 bits per heavy atom. The van der Waals surface area contributed by atoms with Gasteiger partial charge >= 0.3 is 0 Å². The van der Waals surface area contributed by atoms with Gasteiger partial charge in [0.15, 0.2) is 0 Å². The molecule has 1 atom stereocenters. The fraction of sp³-hybridized carbons (Fsp3) is 0.571. The average molecular weight is 384 g/mol. The lowest BCUT2D eigenvalue weighted by Gasteiger charge is -2.49. The van der Waals surface area contributed by atoms with Crippen LogP contribution < -0.4 is 10.2 Å². The van der Waals surface area contributed by atoms with Gasteiger partial charge in [-0.25, -0.2) is 0 Å². The molecule has 1 N–H and O–H groups in total. The van der Waals surface area contributed by atoms with Gasteiger partial charge in [-0.15, -0.1) is 0 Å². The normalized spacial score (nSPS) is 22.1. The van der Waals surface area contributed by atoms with Crippen LogP contribution in [-0.4, -0.2) is 65.3 Å². The van der Waals surface area contributed by atoms with Gasteiger partial charge in [0.25, 0.3) is 0 Å². The average Bonchev–Trinajstić information content (AvgIpc) is 3.12. The summed E-state index contributed by atoms with van der Waals surface area (Å²) in [7, 11) is 0. The molecule has 7 heteroatoms. The van der Waals surface area contributed by atoms with Gasteiger partial charge in [0.05, 0.1) is 16.9 Å². The van der Waals surface area contributed by atoms with Crippen LogP contribution >= 0.6 is 0 Å². The zero-order chi connectivity index (χ0) is 19.9. The molecule has 0 aromatic heterocycles. The molecule has 3 amide bonds. The molecule has 7 nitrogen and oxygen atoms in total. The van der Waals surface area contributed by atoms with Gasteiger partial charge in [-0.2, -0.15) is 0 Å². The van der Waals surface area contributed by atoms with Crippen LogP contribution in [0.4, 0.5) is 11.4 Å². The maximum atomic E-state index is 12.9. The lowest BCUT2D eigenvalue weighted by molar-refractivity contribution is -0.143. The maximum Gasteiger partial charge on any atom is 0.245 e. The maximum absolute atomic E-state index is 12.9. The van der Waals surface area contributed by atoms with Gasteiger partial charge in [0.1, 0.15) is 6.04 Å². The summed E-state index contributed by atoms with van der Waals surface area (Å²) in [6, 6.07) is 7.49. The van der Waals surface area contributed by atoms with Crippen molar-refractivity contribution < 1.29 is 14.4 Å². The first-order valence-electron chi connectivity index (χ1n) is 10.1. The van der Waals surface area contributed by atoms with Gasteiger partial charge in [-0.1, -0.05) is 12.1 Å². The molecule has 2 saturated heterocycles. The lowest BCUT2D eigenvalue weighted by atomic mass is 9.84. The number of hydrogen-bond donors (Lipinski definition) is 1. The van der Waals surface area contributed by atoms with Gasteiger partial charge < -0.3 is 20.0 Å². The quantitative estimate of drug-likeness (QED) is 0.844. The number of para-hydroxylation sites is 2. The third kappa shape index (κ3) is 3.23. The number of benzene rings is 1. The van der Waals surface area contributed by atoms with Crippen molar-refractivity contribution in [2.45, 2.75) is 51.1 Å². The predicted octanol–water partition coefficient (Wildman–Crippen LogP) is 1.84. The van der Waals surface area contributed by atoms with E-state index in [1.807, 2.05) is 41.0 Å². The SMILES string of the molecule is CC(=O)N1CC2(CCN(C(=O)C(C)N3CCCC3=O)CC2)Nc2ccccc21. The van der Waals surface area contributed by atoms with Crippen LogP contribution in [0.15, 0.2) is 24.3 Å². The van der Waals surface area contributed by atoms with Crippen molar-refractivity contribution >= 4 is 29.1 Å². The van der Waals surface area contributed by atoms with E-state index in [0.717, 1.165) is 30.6 Å². The van der Waals surface area contributed by atoms with E-state index in [-0.39, 0.29) is 23.3 Å². The van der Waals surface area contributed by atoms with E-state index in [9.17, 15) is 14.4 Å². The first-order chi connectivity index (χ1) is 13.4. The minimum atomic E-state index is -0.391. The number of likely N-dealkylation sites (tertiary alicyclic amines) is 2. The fourth-order valence-corrected chi connectivity index (χ4v) is 4.72. The summed E-state index contributed by atoms with van der Waals surface area (Å²) in [4.78, 5) is 42.5. The Morgan fingerprint density at radius 3 is 2.50 bits per heavy atom. The molecule has 3 aliphatic rings. The highest BCUT2D eigenvalue weighted by atomic mass is 16.2. The molecular formula is C21H28N4O3. The van der Waals surface area contributed by atoms with Gasteiger partial charge in [0.2, 0.25) is 17.7 Å². The number of fused-ring (bicyclic) bond motifs is 1. The number of nitrogens with one attached hydrogen (secondary N) is 1. The standard InChI is InChI=1S/C21H28N4O3/c1-15(24-11-5-8-19(24)27)20(28)23-12-9-21(10-13-23)14-25(16(2)26)18-7-4-3-6-17(18)22-21/h3-4,6-7,15,22H,5,8-14H2,1-2H3. The van der Waals surface area contributed by atoms with E-state index in [1.165, 1.54) is 0 Å². The first-order valence-corrected chi connectivity index (χ1v) is 10.1. The molecule has 4 rings (SSSR count). The van der Waals surface area contributed by atoms with E-state index in [1.54, 1.807) is 11.8 Å². The summed E-state index contributed by atoms with van der Waals surface area (Å²) in [6.07, 6.45) is 2.93. The first kappa shape index (κ1) is 18.8. The molecule has 0 bridgehead atoms. The minimum Gasteiger partial charge on any atom is -0.376 e. The van der Waals surface area contributed by atoms with Crippen LogP contribution in [0.3, 0.4) is 0 Å². The summed E-state index contributed by atoms with van der Waals surface area (Å²) in [5, 5.41) is 3.65. The number of anilines is 2. The van der Waals surface area contributed by atoms with Crippen molar-refractivity contribution in [3.05, 3.63) is 24.3 Å². The molecular weight excluding hydrogens is 356 g/mol. The van der Waals surface area contributed by atoms with E-state index in [0.29, 0.717) is 32.6 Å². The smallest absolute Gasteiger partial charge is 0.245 e. The minimum absolute atomic E-state index is 0.0322. The fourth-order valence-electron chi connectivity index (χ4n) is 4.72. The molecule has 2 fully saturated rings.